The molecule has 1 amide bonds. The molecule has 0 fully saturated rings. The zero-order valence-corrected chi connectivity index (χ0v) is 19.0. The zero-order chi connectivity index (χ0) is 25.8. The number of amides is 1. The number of carboxylic acids is 1. The van der Waals surface area contributed by atoms with Gasteiger partial charge >= 0.3 is 12.1 Å². The van der Waals surface area contributed by atoms with Crippen molar-refractivity contribution in [2.75, 3.05) is 11.4 Å². The van der Waals surface area contributed by atoms with Crippen LogP contribution in [0.2, 0.25) is 0 Å². The third-order valence-electron chi connectivity index (χ3n) is 5.51. The highest BCUT2D eigenvalue weighted by atomic mass is 19.4. The predicted molar refractivity (Wildman–Crippen MR) is 121 cm³/mol. The Kier molecular flexibility index (Phi) is 7.90. The van der Waals surface area contributed by atoms with Crippen LogP contribution in [-0.2, 0) is 16.1 Å². The van der Waals surface area contributed by atoms with Crippen LogP contribution in [0.4, 0.5) is 23.2 Å². The average Bonchev–Trinajstić information content (AvgIpc) is 3.23. The smallest absolute Gasteiger partial charge is 0.475 e. The van der Waals surface area contributed by atoms with Gasteiger partial charge in [-0.3, -0.25) is 4.79 Å². The maximum absolute atomic E-state index is 13.8. The number of hydrogen-bond acceptors (Lipinski definition) is 4. The van der Waals surface area contributed by atoms with Gasteiger partial charge in [-0.1, -0.05) is 12.1 Å². The van der Waals surface area contributed by atoms with Gasteiger partial charge in [-0.15, -0.1) is 0 Å². The molecule has 2 heterocycles. The number of carboxylic acid groups (broad SMARTS) is 1. The van der Waals surface area contributed by atoms with Gasteiger partial charge in [0.2, 0.25) is 5.91 Å². The molecule has 0 saturated carbocycles. The standard InChI is InChI=1S/C22H23FN4O.C2HF3O2/c1-15-24-10-12-26(15)19-6-3-17(4-7-19)14-25-21-9-11-27(16(2)28)22-8-5-18(23)13-20(21)22;3-2(4,5)1(6)7/h3-8,10,12-13,21,25H,9,11,14H2,1-2H3;(H,6,7). The summed E-state index contributed by atoms with van der Waals surface area (Å²) in [6.45, 7) is 4.82. The number of nitrogens with one attached hydrogen (secondary N) is 1. The first-order valence-corrected chi connectivity index (χ1v) is 10.7. The average molecular weight is 492 g/mol. The number of benzene rings is 2. The van der Waals surface area contributed by atoms with Gasteiger partial charge in [-0.25, -0.2) is 14.2 Å². The van der Waals surface area contributed by atoms with Crippen LogP contribution in [0.5, 0.6) is 0 Å². The van der Waals surface area contributed by atoms with Crippen molar-refractivity contribution in [1.82, 2.24) is 14.9 Å². The molecule has 1 aliphatic heterocycles. The molecule has 2 N–H and O–H groups in total. The highest BCUT2D eigenvalue weighted by molar-refractivity contribution is 5.93. The predicted octanol–water partition coefficient (Wildman–Crippen LogP) is 4.54. The van der Waals surface area contributed by atoms with E-state index in [0.29, 0.717) is 13.1 Å². The van der Waals surface area contributed by atoms with E-state index in [9.17, 15) is 22.4 Å². The second-order valence-corrected chi connectivity index (χ2v) is 7.91. The normalized spacial score (nSPS) is 15.1. The van der Waals surface area contributed by atoms with E-state index in [1.165, 1.54) is 12.1 Å². The molecule has 2 aromatic carbocycles. The molecule has 7 nitrogen and oxygen atoms in total. The Labute approximate surface area is 199 Å². The van der Waals surface area contributed by atoms with Crippen molar-refractivity contribution in [3.05, 3.63) is 77.6 Å². The van der Waals surface area contributed by atoms with E-state index in [0.717, 1.165) is 34.7 Å². The number of alkyl halides is 3. The van der Waals surface area contributed by atoms with Gasteiger partial charge in [0, 0.05) is 49.8 Å². The van der Waals surface area contributed by atoms with Crippen molar-refractivity contribution in [2.24, 2.45) is 0 Å². The van der Waals surface area contributed by atoms with Crippen molar-refractivity contribution in [3.63, 3.8) is 0 Å². The van der Waals surface area contributed by atoms with Gasteiger partial charge < -0.3 is 19.9 Å². The Morgan fingerprint density at radius 2 is 1.83 bits per heavy atom. The number of carbonyl (C=O) groups is 2. The first kappa shape index (κ1) is 25.9. The number of aliphatic carboxylic acids is 1. The lowest BCUT2D eigenvalue weighted by atomic mass is 9.95. The van der Waals surface area contributed by atoms with Crippen molar-refractivity contribution in [1.29, 1.82) is 0 Å². The number of nitrogens with zero attached hydrogens (tertiary/aromatic N) is 3. The number of rotatable bonds is 4. The summed E-state index contributed by atoms with van der Waals surface area (Å²) in [7, 11) is 0. The second-order valence-electron chi connectivity index (χ2n) is 7.91. The molecule has 0 aliphatic carbocycles. The number of anilines is 1. The number of imidazole rings is 1. The van der Waals surface area contributed by atoms with Crippen molar-refractivity contribution < 1.29 is 32.3 Å². The summed E-state index contributed by atoms with van der Waals surface area (Å²) in [5.74, 6) is -2.11. The zero-order valence-electron chi connectivity index (χ0n) is 19.0. The largest absolute Gasteiger partial charge is 0.490 e. The molecule has 3 aromatic rings. The van der Waals surface area contributed by atoms with Gasteiger partial charge in [0.15, 0.2) is 0 Å². The lowest BCUT2D eigenvalue weighted by Crippen LogP contribution is -2.38. The topological polar surface area (TPSA) is 87.5 Å². The van der Waals surface area contributed by atoms with Gasteiger partial charge in [0.25, 0.3) is 0 Å². The van der Waals surface area contributed by atoms with Gasteiger partial charge in [-0.05, 0) is 54.8 Å². The van der Waals surface area contributed by atoms with Crippen LogP contribution >= 0.6 is 0 Å². The van der Waals surface area contributed by atoms with Gasteiger partial charge in [0.1, 0.15) is 11.6 Å². The summed E-state index contributed by atoms with van der Waals surface area (Å²) in [6, 6.07) is 13.0. The van der Waals surface area contributed by atoms with Crippen molar-refractivity contribution in [2.45, 2.75) is 39.0 Å². The summed E-state index contributed by atoms with van der Waals surface area (Å²) < 4.78 is 47.6. The fraction of sp³-hybridized carbons (Fsp3) is 0.292. The highest BCUT2D eigenvalue weighted by Crippen LogP contribution is 2.34. The number of aromatic nitrogens is 2. The number of fused-ring (bicyclic) bond motifs is 1. The van der Waals surface area contributed by atoms with Crippen LogP contribution < -0.4 is 10.2 Å². The summed E-state index contributed by atoms with van der Waals surface area (Å²) >= 11 is 0. The van der Waals surface area contributed by atoms with Crippen molar-refractivity contribution >= 4 is 17.6 Å². The first-order valence-electron chi connectivity index (χ1n) is 10.7. The number of hydrogen-bond donors (Lipinski definition) is 2. The Bertz CT molecular complexity index is 1190. The van der Waals surface area contributed by atoms with E-state index in [1.54, 1.807) is 24.1 Å². The van der Waals surface area contributed by atoms with Crippen LogP contribution in [0.3, 0.4) is 0 Å². The third-order valence-corrected chi connectivity index (χ3v) is 5.51. The minimum Gasteiger partial charge on any atom is -0.475 e. The molecule has 186 valence electrons. The lowest BCUT2D eigenvalue weighted by molar-refractivity contribution is -0.192. The Morgan fingerprint density at radius 3 is 2.37 bits per heavy atom. The van der Waals surface area contributed by atoms with E-state index >= 15 is 0 Å². The summed E-state index contributed by atoms with van der Waals surface area (Å²) in [6.07, 6.45) is -0.603. The molecule has 0 saturated heterocycles. The van der Waals surface area contributed by atoms with Crippen LogP contribution in [-0.4, -0.2) is 39.3 Å². The minimum atomic E-state index is -5.08. The molecular formula is C24H24F4N4O3. The molecule has 0 bridgehead atoms. The number of carbonyl (C=O) groups excluding carboxylic acids is 1. The van der Waals surface area contributed by atoms with E-state index in [1.807, 2.05) is 17.7 Å². The van der Waals surface area contributed by atoms with Crippen LogP contribution in [0.25, 0.3) is 5.69 Å². The fourth-order valence-electron chi connectivity index (χ4n) is 3.79. The van der Waals surface area contributed by atoms with Crippen molar-refractivity contribution in [3.8, 4) is 5.69 Å². The fourth-order valence-corrected chi connectivity index (χ4v) is 3.79. The van der Waals surface area contributed by atoms with Gasteiger partial charge in [0.05, 0.1) is 0 Å². The van der Waals surface area contributed by atoms with E-state index in [2.05, 4.69) is 34.6 Å². The first-order chi connectivity index (χ1) is 16.5. The molecule has 1 aliphatic rings. The van der Waals surface area contributed by atoms with Crippen LogP contribution in [0.15, 0.2) is 54.9 Å². The maximum atomic E-state index is 13.8. The summed E-state index contributed by atoms with van der Waals surface area (Å²) in [5.41, 5.74) is 3.85. The molecule has 1 unspecified atom stereocenters. The molecular weight excluding hydrogens is 468 g/mol. The molecule has 1 atom stereocenters. The maximum Gasteiger partial charge on any atom is 0.490 e. The van der Waals surface area contributed by atoms with Crippen LogP contribution in [0.1, 0.15) is 36.3 Å². The molecule has 0 radical (unpaired) electrons. The Hall–Kier alpha value is -3.73. The molecule has 4 rings (SSSR count). The summed E-state index contributed by atoms with van der Waals surface area (Å²) in [5, 5.41) is 10.6. The SMILES string of the molecule is CC(=O)N1CCC(NCc2ccc(-n3ccnc3C)cc2)c2cc(F)ccc21.O=C(O)C(F)(F)F. The third kappa shape index (κ3) is 6.44. The van der Waals surface area contributed by atoms with Crippen LogP contribution in [0, 0.1) is 12.7 Å². The minimum absolute atomic E-state index is 0.0110. The number of aryl methyl sites for hydroxylation is 1. The monoisotopic (exact) mass is 492 g/mol. The Morgan fingerprint density at radius 1 is 1.17 bits per heavy atom. The second kappa shape index (κ2) is 10.7. The highest BCUT2D eigenvalue weighted by Gasteiger charge is 2.38. The molecule has 11 heteroatoms. The van der Waals surface area contributed by atoms with Gasteiger partial charge in [-0.2, -0.15) is 13.2 Å². The number of halogens is 4. The molecule has 1 aromatic heterocycles. The molecule has 35 heavy (non-hydrogen) atoms. The summed E-state index contributed by atoms with van der Waals surface area (Å²) in [4.78, 5) is 26.8. The van der Waals surface area contributed by atoms with E-state index in [-0.39, 0.29) is 17.8 Å². The molecule has 0 spiro atoms. The lowest BCUT2D eigenvalue weighted by Gasteiger charge is -2.34. The van der Waals surface area contributed by atoms with E-state index in [4.69, 9.17) is 9.90 Å². The van der Waals surface area contributed by atoms with E-state index < -0.39 is 12.1 Å². The quantitative estimate of drug-likeness (QED) is 0.523. The Balaban J connectivity index is 0.000000429.